The van der Waals surface area contributed by atoms with Crippen molar-refractivity contribution in [3.05, 3.63) is 0 Å². The molecule has 0 aliphatic rings. The average molecular weight is 153 g/mol. The van der Waals surface area contributed by atoms with E-state index >= 15 is 0 Å². The molecule has 9 heavy (non-hydrogen) atoms. The third kappa shape index (κ3) is 1410. The van der Waals surface area contributed by atoms with Gasteiger partial charge in [0.25, 0.3) is 0 Å². The van der Waals surface area contributed by atoms with Crippen molar-refractivity contribution in [3.63, 3.8) is 0 Å². The van der Waals surface area contributed by atoms with E-state index in [1.54, 1.807) is 0 Å². The molecule has 0 fully saturated rings. The molecule has 0 aromatic carbocycles. The first-order valence-electron chi connectivity index (χ1n) is 1.75. The fourth-order valence-corrected chi connectivity index (χ4v) is 0. The highest BCUT2D eigenvalue weighted by molar-refractivity contribution is 7.79. The van der Waals surface area contributed by atoms with E-state index < -0.39 is 10.4 Å². The van der Waals surface area contributed by atoms with Crippen molar-refractivity contribution in [3.8, 4) is 12.3 Å². The van der Waals surface area contributed by atoms with Crippen molar-refractivity contribution >= 4 is 10.4 Å². The predicted octanol–water partition coefficient (Wildman–Crippen LogP) is -1.07. The summed E-state index contributed by atoms with van der Waals surface area (Å²) in [7, 11) is -4.67. The van der Waals surface area contributed by atoms with Gasteiger partial charge in [0.1, 0.15) is 0 Å². The number of hydrogen-bond acceptors (Lipinski definition) is 3. The van der Waals surface area contributed by atoms with Crippen LogP contribution in [0.25, 0.3) is 0 Å². The Kier molecular flexibility index (Phi) is 6.89. The van der Waals surface area contributed by atoms with Gasteiger partial charge in [0.05, 0.1) is 6.54 Å². The molecule has 0 rings (SSSR count). The van der Waals surface area contributed by atoms with Crippen LogP contribution in [-0.2, 0) is 10.4 Å². The molecule has 0 bridgehead atoms. The Morgan fingerprint density at radius 2 is 1.67 bits per heavy atom. The highest BCUT2D eigenvalue weighted by atomic mass is 32.3. The largest absolute Gasteiger partial charge is 0.394 e. The van der Waals surface area contributed by atoms with Gasteiger partial charge in [-0.05, 0) is 0 Å². The Bertz CT molecular complexity index is 168. The van der Waals surface area contributed by atoms with Gasteiger partial charge in [-0.2, -0.15) is 8.42 Å². The molecule has 0 aromatic heterocycles. The number of hydrogen-bond donors (Lipinski definition) is 3. The minimum Gasteiger partial charge on any atom is -0.320 e. The van der Waals surface area contributed by atoms with Crippen LogP contribution in [0.4, 0.5) is 0 Å². The van der Waals surface area contributed by atoms with Crippen LogP contribution in [-0.4, -0.2) is 24.1 Å². The van der Waals surface area contributed by atoms with E-state index in [1.807, 2.05) is 0 Å². The van der Waals surface area contributed by atoms with Gasteiger partial charge in [0, 0.05) is 0 Å². The highest BCUT2D eigenvalue weighted by Gasteiger charge is 1.84. The minimum atomic E-state index is -4.67. The Hall–Kier alpha value is -0.610. The second-order valence-corrected chi connectivity index (χ2v) is 1.75. The molecular weight excluding hydrogens is 146 g/mol. The number of rotatable bonds is 0. The third-order valence-electron chi connectivity index (χ3n) is 0.118. The summed E-state index contributed by atoms with van der Waals surface area (Å²) in [5.41, 5.74) is 4.79. The number of terminal acetylenes is 1. The Labute approximate surface area is 53.4 Å². The highest BCUT2D eigenvalue weighted by Crippen LogP contribution is 1.59. The molecule has 0 heterocycles. The van der Waals surface area contributed by atoms with Crippen molar-refractivity contribution in [2.75, 3.05) is 6.54 Å². The Balaban J connectivity index is 0. The van der Waals surface area contributed by atoms with Gasteiger partial charge < -0.3 is 5.73 Å². The van der Waals surface area contributed by atoms with Crippen molar-refractivity contribution < 1.29 is 17.5 Å². The predicted molar refractivity (Wildman–Crippen MR) is 32.1 cm³/mol. The summed E-state index contributed by atoms with van der Waals surface area (Å²) < 4.78 is 31.6. The monoisotopic (exact) mass is 153 g/mol. The zero-order valence-electron chi connectivity index (χ0n) is 4.48. The molecule has 5 nitrogen and oxygen atoms in total. The summed E-state index contributed by atoms with van der Waals surface area (Å²) in [5, 5.41) is 0. The van der Waals surface area contributed by atoms with E-state index in [0.29, 0.717) is 6.54 Å². The molecular formula is C3H7NO4S. The van der Waals surface area contributed by atoms with Gasteiger partial charge in [-0.15, -0.1) is 6.42 Å². The van der Waals surface area contributed by atoms with E-state index in [-0.39, 0.29) is 0 Å². The smallest absolute Gasteiger partial charge is 0.320 e. The van der Waals surface area contributed by atoms with E-state index in [9.17, 15) is 0 Å². The van der Waals surface area contributed by atoms with E-state index in [4.69, 9.17) is 23.3 Å². The van der Waals surface area contributed by atoms with Crippen LogP contribution in [0.2, 0.25) is 0 Å². The summed E-state index contributed by atoms with van der Waals surface area (Å²) in [6, 6.07) is 0. The van der Waals surface area contributed by atoms with E-state index in [2.05, 4.69) is 12.3 Å². The molecule has 0 saturated carbocycles. The summed E-state index contributed by atoms with van der Waals surface area (Å²) >= 11 is 0. The summed E-state index contributed by atoms with van der Waals surface area (Å²) in [5.74, 6) is 2.21. The summed E-state index contributed by atoms with van der Waals surface area (Å²) in [4.78, 5) is 0. The quantitative estimate of drug-likeness (QED) is 0.304. The van der Waals surface area contributed by atoms with Crippen LogP contribution in [0.1, 0.15) is 0 Å². The zero-order valence-corrected chi connectivity index (χ0v) is 5.30. The van der Waals surface area contributed by atoms with Gasteiger partial charge >= 0.3 is 10.4 Å². The molecule has 0 radical (unpaired) electrons. The van der Waals surface area contributed by atoms with Crippen LogP contribution < -0.4 is 5.73 Å². The van der Waals surface area contributed by atoms with Crippen molar-refractivity contribution in [2.45, 2.75) is 0 Å². The van der Waals surface area contributed by atoms with Crippen LogP contribution >= 0.6 is 0 Å². The second-order valence-electron chi connectivity index (χ2n) is 0.856. The average Bonchev–Trinajstić information content (AvgIpc) is 1.61. The summed E-state index contributed by atoms with van der Waals surface area (Å²) in [6.07, 6.45) is 4.65. The first-order chi connectivity index (χ1) is 3.91. The first-order valence-corrected chi connectivity index (χ1v) is 3.15. The van der Waals surface area contributed by atoms with Gasteiger partial charge in [-0.1, -0.05) is 5.92 Å². The molecule has 0 saturated heterocycles. The molecule has 0 unspecified atom stereocenters. The molecule has 0 aliphatic heterocycles. The first kappa shape index (κ1) is 11.2. The lowest BCUT2D eigenvalue weighted by molar-refractivity contribution is 0.381. The van der Waals surface area contributed by atoms with Crippen molar-refractivity contribution in [1.82, 2.24) is 0 Å². The van der Waals surface area contributed by atoms with Gasteiger partial charge in [0.15, 0.2) is 0 Å². The van der Waals surface area contributed by atoms with Crippen molar-refractivity contribution in [1.29, 1.82) is 0 Å². The maximum atomic E-state index is 8.74. The van der Waals surface area contributed by atoms with Crippen LogP contribution in [0.15, 0.2) is 0 Å². The molecule has 0 aliphatic carbocycles. The topological polar surface area (TPSA) is 101 Å². The van der Waals surface area contributed by atoms with Crippen LogP contribution in [0.5, 0.6) is 0 Å². The number of nitrogens with two attached hydrogens (primary N) is 1. The molecule has 0 spiro atoms. The van der Waals surface area contributed by atoms with Crippen LogP contribution in [0.3, 0.4) is 0 Å². The van der Waals surface area contributed by atoms with E-state index in [0.717, 1.165) is 0 Å². The fraction of sp³-hybridized carbons (Fsp3) is 0.333. The van der Waals surface area contributed by atoms with Crippen molar-refractivity contribution in [2.24, 2.45) is 5.73 Å². The molecule has 6 heteroatoms. The SMILES string of the molecule is C#CCN.O=S(=O)(O)O. The van der Waals surface area contributed by atoms with Gasteiger partial charge in [-0.25, -0.2) is 0 Å². The molecule has 0 aromatic rings. The lowest BCUT2D eigenvalue weighted by atomic mass is 10.7. The van der Waals surface area contributed by atoms with Gasteiger partial charge in [-0.3, -0.25) is 9.11 Å². The molecule has 0 atom stereocenters. The second kappa shape index (κ2) is 5.53. The summed E-state index contributed by atoms with van der Waals surface area (Å²) in [6.45, 7) is 0.347. The minimum absolute atomic E-state index is 0.347. The van der Waals surface area contributed by atoms with Gasteiger partial charge in [0.2, 0.25) is 0 Å². The molecule has 54 valence electrons. The van der Waals surface area contributed by atoms with E-state index in [1.165, 1.54) is 0 Å². The molecule has 4 N–H and O–H groups in total. The maximum Gasteiger partial charge on any atom is 0.394 e. The fourth-order valence-electron chi connectivity index (χ4n) is 0. The lowest BCUT2D eigenvalue weighted by Crippen LogP contribution is -1.91. The standard InChI is InChI=1S/C3H5N.H2O4S/c1-2-3-4;1-5(2,3)4/h1H,3-4H2;(H2,1,2,3,4). The third-order valence-corrected chi connectivity index (χ3v) is 0.118. The lowest BCUT2D eigenvalue weighted by Gasteiger charge is -1.68. The Morgan fingerprint density at radius 1 is 1.56 bits per heavy atom. The Morgan fingerprint density at radius 3 is 1.67 bits per heavy atom. The van der Waals surface area contributed by atoms with Crippen LogP contribution in [0, 0.1) is 12.3 Å². The maximum absolute atomic E-state index is 8.74. The normalized spacial score (nSPS) is 8.67. The zero-order chi connectivity index (χ0) is 7.91. The molecule has 0 amide bonds.